The molecule has 2 saturated heterocycles. The normalized spacial score (nSPS) is 21.6. The minimum atomic E-state index is 0.125. The fourth-order valence-corrected chi connectivity index (χ4v) is 5.72. The number of hydrogen-bond donors (Lipinski definition) is 0. The van der Waals surface area contributed by atoms with Crippen molar-refractivity contribution in [2.45, 2.75) is 43.5 Å². The van der Waals surface area contributed by atoms with Gasteiger partial charge in [0.05, 0.1) is 19.3 Å². The number of pyridine rings is 1. The number of amides is 1. The topological polar surface area (TPSA) is 42.4 Å². The zero-order valence-corrected chi connectivity index (χ0v) is 14.3. The minimum absolute atomic E-state index is 0.125. The number of aromatic nitrogens is 1. The van der Waals surface area contributed by atoms with Crippen molar-refractivity contribution in [2.24, 2.45) is 0 Å². The molecule has 0 bridgehead atoms. The average molecular weight is 338 g/mol. The monoisotopic (exact) mass is 338 g/mol. The zero-order chi connectivity index (χ0) is 15.2. The first-order chi connectivity index (χ1) is 10.8. The molecule has 1 atom stereocenters. The second-order valence-electron chi connectivity index (χ2n) is 5.80. The highest BCUT2D eigenvalue weighted by Crippen LogP contribution is 2.39. The lowest BCUT2D eigenvalue weighted by atomic mass is 10.1. The van der Waals surface area contributed by atoms with E-state index in [-0.39, 0.29) is 12.0 Å². The van der Waals surface area contributed by atoms with Gasteiger partial charge in [-0.05, 0) is 31.4 Å². The minimum Gasteiger partial charge on any atom is -0.485 e. The van der Waals surface area contributed by atoms with Crippen LogP contribution in [0.5, 0.6) is 5.75 Å². The van der Waals surface area contributed by atoms with Crippen LogP contribution in [0, 0.1) is 0 Å². The summed E-state index contributed by atoms with van der Waals surface area (Å²) in [5.41, 5.74) is 0. The SMILES string of the molecule is O=C(CCCC[C@H]1CCSS1)N1CC(Oc2cccnc2)C1. The Kier molecular flexibility index (Phi) is 5.89. The summed E-state index contributed by atoms with van der Waals surface area (Å²) in [6, 6.07) is 3.76. The average Bonchev–Trinajstić information content (AvgIpc) is 3.01. The fourth-order valence-electron chi connectivity index (χ4n) is 2.70. The maximum absolute atomic E-state index is 12.1. The van der Waals surface area contributed by atoms with Gasteiger partial charge < -0.3 is 9.64 Å². The van der Waals surface area contributed by atoms with Crippen molar-refractivity contribution in [3.05, 3.63) is 24.5 Å². The van der Waals surface area contributed by atoms with E-state index in [0.717, 1.165) is 17.4 Å². The Morgan fingerprint density at radius 1 is 1.41 bits per heavy atom. The van der Waals surface area contributed by atoms with Crippen LogP contribution >= 0.6 is 21.6 Å². The number of carbonyl (C=O) groups is 1. The number of ether oxygens (including phenoxy) is 1. The Hall–Kier alpha value is -0.880. The largest absolute Gasteiger partial charge is 0.485 e. The van der Waals surface area contributed by atoms with Gasteiger partial charge in [-0.1, -0.05) is 28.0 Å². The molecule has 0 aromatic carbocycles. The Morgan fingerprint density at radius 3 is 3.05 bits per heavy atom. The summed E-state index contributed by atoms with van der Waals surface area (Å²) in [6.07, 6.45) is 9.04. The van der Waals surface area contributed by atoms with E-state index in [1.807, 2.05) is 38.6 Å². The fraction of sp³-hybridized carbons (Fsp3) is 0.625. The highest BCUT2D eigenvalue weighted by Gasteiger charge is 2.31. The smallest absolute Gasteiger partial charge is 0.222 e. The lowest BCUT2D eigenvalue weighted by Gasteiger charge is -2.39. The van der Waals surface area contributed by atoms with Gasteiger partial charge in [0.15, 0.2) is 0 Å². The first kappa shape index (κ1) is 16.0. The molecule has 3 rings (SSSR count). The molecule has 1 aromatic rings. The number of hydrogen-bond acceptors (Lipinski definition) is 5. The lowest BCUT2D eigenvalue weighted by molar-refractivity contribution is -0.140. The number of rotatable bonds is 7. The number of carbonyl (C=O) groups excluding carboxylic acids is 1. The summed E-state index contributed by atoms with van der Waals surface area (Å²) in [4.78, 5) is 18.0. The predicted molar refractivity (Wildman–Crippen MR) is 92.2 cm³/mol. The van der Waals surface area contributed by atoms with Gasteiger partial charge in [0.1, 0.15) is 11.9 Å². The van der Waals surface area contributed by atoms with Crippen LogP contribution in [-0.4, -0.2) is 46.0 Å². The second-order valence-corrected chi connectivity index (χ2v) is 8.59. The number of likely N-dealkylation sites (tertiary alicyclic amines) is 1. The van der Waals surface area contributed by atoms with Crippen LogP contribution in [-0.2, 0) is 4.79 Å². The standard InChI is InChI=1S/C16H22N2O2S2/c19-16(6-2-1-5-15-7-9-21-22-15)18-11-14(12-18)20-13-4-3-8-17-10-13/h3-4,8,10,14-15H,1-2,5-7,9,11-12H2/t15-/m0/s1. The summed E-state index contributed by atoms with van der Waals surface area (Å²) in [5.74, 6) is 2.35. The van der Waals surface area contributed by atoms with Gasteiger partial charge in [-0.2, -0.15) is 0 Å². The van der Waals surface area contributed by atoms with Crippen molar-refractivity contribution in [3.63, 3.8) is 0 Å². The third-order valence-electron chi connectivity index (χ3n) is 4.03. The third kappa shape index (κ3) is 4.56. The van der Waals surface area contributed by atoms with Crippen LogP contribution < -0.4 is 4.74 Å². The molecule has 6 heteroatoms. The van der Waals surface area contributed by atoms with Gasteiger partial charge in [0.25, 0.3) is 0 Å². The van der Waals surface area contributed by atoms with Gasteiger partial charge in [-0.3, -0.25) is 9.78 Å². The van der Waals surface area contributed by atoms with E-state index >= 15 is 0 Å². The van der Waals surface area contributed by atoms with Crippen LogP contribution in [0.2, 0.25) is 0 Å². The highest BCUT2D eigenvalue weighted by atomic mass is 33.1. The summed E-state index contributed by atoms with van der Waals surface area (Å²) >= 11 is 0. The molecule has 0 N–H and O–H groups in total. The number of nitrogens with zero attached hydrogens (tertiary/aromatic N) is 2. The molecule has 0 spiro atoms. The maximum Gasteiger partial charge on any atom is 0.222 e. The Balaban J connectivity index is 1.27. The van der Waals surface area contributed by atoms with Crippen molar-refractivity contribution < 1.29 is 9.53 Å². The van der Waals surface area contributed by atoms with Crippen LogP contribution in [0.15, 0.2) is 24.5 Å². The van der Waals surface area contributed by atoms with Crippen LogP contribution in [0.3, 0.4) is 0 Å². The Bertz CT molecular complexity index is 474. The molecule has 2 aliphatic rings. The zero-order valence-electron chi connectivity index (χ0n) is 12.6. The van der Waals surface area contributed by atoms with Crippen molar-refractivity contribution >= 4 is 27.5 Å². The molecule has 4 nitrogen and oxygen atoms in total. The van der Waals surface area contributed by atoms with Crippen LogP contribution in [0.4, 0.5) is 0 Å². The van der Waals surface area contributed by atoms with Gasteiger partial charge in [-0.25, -0.2) is 0 Å². The van der Waals surface area contributed by atoms with Gasteiger partial charge >= 0.3 is 0 Å². The van der Waals surface area contributed by atoms with Crippen molar-refractivity contribution in [3.8, 4) is 5.75 Å². The first-order valence-corrected chi connectivity index (χ1v) is 10.3. The highest BCUT2D eigenvalue weighted by molar-refractivity contribution is 8.77. The first-order valence-electron chi connectivity index (χ1n) is 7.94. The summed E-state index contributed by atoms with van der Waals surface area (Å²) in [6.45, 7) is 1.42. The molecule has 1 amide bonds. The number of unbranched alkanes of at least 4 members (excludes halogenated alkanes) is 1. The van der Waals surface area contributed by atoms with E-state index in [9.17, 15) is 4.79 Å². The van der Waals surface area contributed by atoms with Gasteiger partial charge in [-0.15, -0.1) is 0 Å². The van der Waals surface area contributed by atoms with E-state index < -0.39 is 0 Å². The molecule has 22 heavy (non-hydrogen) atoms. The quantitative estimate of drug-likeness (QED) is 0.563. The third-order valence-corrected chi connectivity index (χ3v) is 7.04. The van der Waals surface area contributed by atoms with Crippen molar-refractivity contribution in [2.75, 3.05) is 18.8 Å². The van der Waals surface area contributed by atoms with Crippen molar-refractivity contribution in [1.82, 2.24) is 9.88 Å². The Morgan fingerprint density at radius 2 is 2.32 bits per heavy atom. The van der Waals surface area contributed by atoms with E-state index in [4.69, 9.17) is 4.74 Å². The summed E-state index contributed by atoms with van der Waals surface area (Å²) in [7, 11) is 4.01. The summed E-state index contributed by atoms with van der Waals surface area (Å²) < 4.78 is 5.76. The van der Waals surface area contributed by atoms with Crippen molar-refractivity contribution in [1.29, 1.82) is 0 Å². The molecule has 2 fully saturated rings. The predicted octanol–water partition coefficient (Wildman–Crippen LogP) is 3.39. The van der Waals surface area contributed by atoms with E-state index in [1.165, 1.54) is 25.0 Å². The van der Waals surface area contributed by atoms with Gasteiger partial charge in [0, 0.05) is 23.6 Å². The molecule has 0 unspecified atom stereocenters. The summed E-state index contributed by atoms with van der Waals surface area (Å²) in [5, 5.41) is 0.821. The van der Waals surface area contributed by atoms with Crippen LogP contribution in [0.1, 0.15) is 32.1 Å². The molecule has 0 saturated carbocycles. The molecular formula is C16H22N2O2S2. The van der Waals surface area contributed by atoms with Crippen LogP contribution in [0.25, 0.3) is 0 Å². The molecule has 2 aliphatic heterocycles. The Labute approximate surface area is 139 Å². The molecule has 3 heterocycles. The second kappa shape index (κ2) is 8.11. The maximum atomic E-state index is 12.1. The molecule has 1 aromatic heterocycles. The lowest BCUT2D eigenvalue weighted by Crippen LogP contribution is -2.56. The van der Waals surface area contributed by atoms with E-state index in [2.05, 4.69) is 4.98 Å². The molecule has 120 valence electrons. The van der Waals surface area contributed by atoms with E-state index in [1.54, 1.807) is 12.4 Å². The van der Waals surface area contributed by atoms with E-state index in [0.29, 0.717) is 19.5 Å². The van der Waals surface area contributed by atoms with Gasteiger partial charge in [0.2, 0.25) is 5.91 Å². The molecule has 0 radical (unpaired) electrons. The molecule has 0 aliphatic carbocycles. The molecular weight excluding hydrogens is 316 g/mol.